The van der Waals surface area contributed by atoms with Gasteiger partial charge in [0.15, 0.2) is 0 Å². The van der Waals surface area contributed by atoms with Crippen LogP contribution in [0.1, 0.15) is 58.4 Å². The number of hydrogen-bond donors (Lipinski definition) is 2. The molecule has 1 fully saturated rings. The highest BCUT2D eigenvalue weighted by Gasteiger charge is 2.22. The number of amides is 1. The van der Waals surface area contributed by atoms with Crippen LogP contribution < -0.4 is 15.5 Å². The van der Waals surface area contributed by atoms with Gasteiger partial charge < -0.3 is 15.5 Å². The van der Waals surface area contributed by atoms with Gasteiger partial charge in [0.05, 0.1) is 0 Å². The number of benzene rings is 4. The van der Waals surface area contributed by atoms with E-state index in [1.165, 1.54) is 56.8 Å². The zero-order chi connectivity index (χ0) is 27.2. The van der Waals surface area contributed by atoms with Crippen molar-refractivity contribution >= 4 is 33.1 Å². The molecule has 0 bridgehead atoms. The minimum atomic E-state index is 0.170. The number of fused-ring (bicyclic) bond motifs is 2. The molecule has 4 aromatic carbocycles. The van der Waals surface area contributed by atoms with Gasteiger partial charge in [0.2, 0.25) is 5.91 Å². The van der Waals surface area contributed by atoms with Crippen LogP contribution in [-0.4, -0.2) is 37.6 Å². The van der Waals surface area contributed by atoms with Gasteiger partial charge in [-0.1, -0.05) is 80.8 Å². The van der Waals surface area contributed by atoms with Crippen molar-refractivity contribution in [3.05, 3.63) is 78.4 Å². The summed E-state index contributed by atoms with van der Waals surface area (Å²) in [4.78, 5) is 15.1. The second kappa shape index (κ2) is 12.7. The van der Waals surface area contributed by atoms with Gasteiger partial charge >= 0.3 is 0 Å². The lowest BCUT2D eigenvalue weighted by atomic mass is 9.91. The van der Waals surface area contributed by atoms with Crippen molar-refractivity contribution in [3.63, 3.8) is 0 Å². The first-order valence-electron chi connectivity index (χ1n) is 14.8. The van der Waals surface area contributed by atoms with Crippen LogP contribution in [-0.2, 0) is 11.2 Å². The lowest BCUT2D eigenvalue weighted by Crippen LogP contribution is -2.54. The Morgan fingerprint density at radius 2 is 1.62 bits per heavy atom. The molecule has 1 aliphatic heterocycles. The fourth-order valence-corrected chi connectivity index (χ4v) is 6.13. The molecule has 1 amide bonds. The Morgan fingerprint density at radius 1 is 0.872 bits per heavy atom. The first-order chi connectivity index (χ1) is 19.0. The molecular weight excluding hydrogens is 478 g/mol. The van der Waals surface area contributed by atoms with E-state index in [2.05, 4.69) is 109 Å². The third-order valence-corrected chi connectivity index (χ3v) is 8.05. The Hall–Kier alpha value is -3.37. The maximum atomic E-state index is 12.6. The summed E-state index contributed by atoms with van der Waals surface area (Å²) < 4.78 is 0. The average molecular weight is 522 g/mol. The van der Waals surface area contributed by atoms with E-state index in [1.54, 1.807) is 0 Å². The molecule has 2 atom stereocenters. The molecule has 0 aliphatic carbocycles. The lowest BCUT2D eigenvalue weighted by Gasteiger charge is -2.37. The van der Waals surface area contributed by atoms with E-state index in [4.69, 9.17) is 0 Å². The normalized spacial score (nSPS) is 17.6. The van der Waals surface area contributed by atoms with Gasteiger partial charge in [-0.05, 0) is 83.1 Å². The van der Waals surface area contributed by atoms with Crippen LogP contribution in [0.15, 0.2) is 72.8 Å². The van der Waals surface area contributed by atoms with Gasteiger partial charge in [-0.3, -0.25) is 4.79 Å². The van der Waals surface area contributed by atoms with E-state index >= 15 is 0 Å². The van der Waals surface area contributed by atoms with Crippen molar-refractivity contribution in [1.29, 1.82) is 0 Å². The van der Waals surface area contributed by atoms with Gasteiger partial charge in [-0.2, -0.15) is 0 Å². The summed E-state index contributed by atoms with van der Waals surface area (Å²) in [5, 5.41) is 11.9. The summed E-state index contributed by atoms with van der Waals surface area (Å²) in [5.74, 6) is 0.170. The van der Waals surface area contributed by atoms with Crippen LogP contribution >= 0.6 is 0 Å². The molecule has 0 spiro atoms. The number of nitrogens with zero attached hydrogens (tertiary/aromatic N) is 1. The largest absolute Gasteiger partial charge is 0.368 e. The zero-order valence-corrected chi connectivity index (χ0v) is 23.8. The van der Waals surface area contributed by atoms with E-state index in [0.29, 0.717) is 25.0 Å². The average Bonchev–Trinajstić information content (AvgIpc) is 2.94. The molecule has 1 aliphatic rings. The third kappa shape index (κ3) is 6.62. The summed E-state index contributed by atoms with van der Waals surface area (Å²) in [5.41, 5.74) is 5.07. The van der Waals surface area contributed by atoms with Gasteiger partial charge in [-0.25, -0.2) is 0 Å². The highest BCUT2D eigenvalue weighted by molar-refractivity contribution is 5.96. The first kappa shape index (κ1) is 27.2. The minimum absolute atomic E-state index is 0.170. The SMILES string of the molecule is CCCCCCC(=O)NCCc1c(-c2ccc3ccccc3c2)ccc2ccc(N3CC(C)NC(C)C3)cc12. The van der Waals surface area contributed by atoms with Crippen LogP contribution in [0.3, 0.4) is 0 Å². The Kier molecular flexibility index (Phi) is 8.83. The van der Waals surface area contributed by atoms with Gasteiger partial charge in [0.25, 0.3) is 0 Å². The Bertz CT molecular complexity index is 1420. The van der Waals surface area contributed by atoms with Gasteiger partial charge in [0, 0.05) is 43.8 Å². The van der Waals surface area contributed by atoms with E-state index < -0.39 is 0 Å². The standard InChI is InChI=1S/C35H43N3O/c1-4-5-6-7-12-35(39)36-20-19-33-32(30-14-13-27-10-8-9-11-29(27)21-30)18-16-28-15-17-31(22-34(28)33)38-23-25(2)37-26(3)24-38/h8-11,13-18,21-22,25-26,37H,4-7,12,19-20,23-24H2,1-3H3,(H,36,39). The molecule has 0 radical (unpaired) electrons. The van der Waals surface area contributed by atoms with Crippen molar-refractivity contribution in [2.24, 2.45) is 0 Å². The fourth-order valence-electron chi connectivity index (χ4n) is 6.13. The third-order valence-electron chi connectivity index (χ3n) is 8.05. The number of piperazine rings is 1. The van der Waals surface area contributed by atoms with E-state index in [9.17, 15) is 4.79 Å². The molecule has 0 aromatic heterocycles. The number of carbonyl (C=O) groups excluding carboxylic acids is 1. The molecule has 0 saturated carbocycles. The summed E-state index contributed by atoms with van der Waals surface area (Å²) in [7, 11) is 0. The molecular formula is C35H43N3O. The van der Waals surface area contributed by atoms with Crippen molar-refractivity contribution in [3.8, 4) is 11.1 Å². The summed E-state index contributed by atoms with van der Waals surface area (Å²) in [6.07, 6.45) is 5.92. The highest BCUT2D eigenvalue weighted by Crippen LogP contribution is 2.35. The Morgan fingerprint density at radius 3 is 2.41 bits per heavy atom. The van der Waals surface area contributed by atoms with Crippen LogP contribution in [0.25, 0.3) is 32.7 Å². The molecule has 5 rings (SSSR count). The number of unbranched alkanes of at least 4 members (excludes halogenated alkanes) is 3. The predicted octanol–water partition coefficient (Wildman–Crippen LogP) is 7.48. The molecule has 204 valence electrons. The number of anilines is 1. The zero-order valence-electron chi connectivity index (χ0n) is 23.8. The number of hydrogen-bond acceptors (Lipinski definition) is 3. The molecule has 1 saturated heterocycles. The fraction of sp³-hybridized carbons (Fsp3) is 0.400. The molecule has 39 heavy (non-hydrogen) atoms. The number of carbonyl (C=O) groups is 1. The first-order valence-corrected chi connectivity index (χ1v) is 14.8. The van der Waals surface area contributed by atoms with Crippen molar-refractivity contribution < 1.29 is 4.79 Å². The topological polar surface area (TPSA) is 44.4 Å². The Balaban J connectivity index is 1.48. The molecule has 4 nitrogen and oxygen atoms in total. The van der Waals surface area contributed by atoms with Crippen molar-refractivity contribution in [2.75, 3.05) is 24.5 Å². The highest BCUT2D eigenvalue weighted by atomic mass is 16.1. The van der Waals surface area contributed by atoms with Crippen molar-refractivity contribution in [1.82, 2.24) is 10.6 Å². The lowest BCUT2D eigenvalue weighted by molar-refractivity contribution is -0.121. The van der Waals surface area contributed by atoms with Crippen LogP contribution in [0.4, 0.5) is 5.69 Å². The summed E-state index contributed by atoms with van der Waals surface area (Å²) in [6, 6.07) is 27.7. The van der Waals surface area contributed by atoms with Crippen molar-refractivity contribution in [2.45, 2.75) is 71.4 Å². The van der Waals surface area contributed by atoms with Crippen LogP contribution in [0, 0.1) is 0 Å². The van der Waals surface area contributed by atoms with E-state index in [1.807, 2.05) is 0 Å². The maximum Gasteiger partial charge on any atom is 0.220 e. The van der Waals surface area contributed by atoms with Crippen LogP contribution in [0.2, 0.25) is 0 Å². The maximum absolute atomic E-state index is 12.6. The number of nitrogens with one attached hydrogen (secondary N) is 2. The summed E-state index contributed by atoms with van der Waals surface area (Å²) >= 11 is 0. The molecule has 4 heteroatoms. The molecule has 2 unspecified atom stereocenters. The van der Waals surface area contributed by atoms with E-state index in [0.717, 1.165) is 32.4 Å². The van der Waals surface area contributed by atoms with E-state index in [-0.39, 0.29) is 5.91 Å². The molecule has 2 N–H and O–H groups in total. The Labute approximate surface area is 233 Å². The predicted molar refractivity (Wildman–Crippen MR) is 167 cm³/mol. The molecule has 4 aromatic rings. The summed E-state index contributed by atoms with van der Waals surface area (Å²) in [6.45, 7) is 9.38. The number of rotatable bonds is 10. The minimum Gasteiger partial charge on any atom is -0.368 e. The molecule has 1 heterocycles. The van der Waals surface area contributed by atoms with Gasteiger partial charge in [-0.15, -0.1) is 0 Å². The smallest absolute Gasteiger partial charge is 0.220 e. The second-order valence-electron chi connectivity index (χ2n) is 11.3. The van der Waals surface area contributed by atoms with Crippen LogP contribution in [0.5, 0.6) is 0 Å². The monoisotopic (exact) mass is 521 g/mol. The van der Waals surface area contributed by atoms with Gasteiger partial charge in [0.1, 0.15) is 0 Å². The quantitative estimate of drug-likeness (QED) is 0.213. The second-order valence-corrected chi connectivity index (χ2v) is 11.3.